The molecule has 2 heterocycles. The molecule has 1 amide bonds. The molecule has 0 atom stereocenters. The molecule has 0 spiro atoms. The fourth-order valence-electron chi connectivity index (χ4n) is 5.26. The highest BCUT2D eigenvalue weighted by molar-refractivity contribution is 5.80. The number of piperidine rings is 1. The van der Waals surface area contributed by atoms with Gasteiger partial charge in [-0.3, -0.25) is 14.2 Å². The Hall–Kier alpha value is -2.83. The second kappa shape index (κ2) is 15.1. The molecule has 1 aliphatic heterocycles. The van der Waals surface area contributed by atoms with Gasteiger partial charge in [-0.1, -0.05) is 76.5 Å². The van der Waals surface area contributed by atoms with Crippen molar-refractivity contribution in [1.82, 2.24) is 9.47 Å². The standard InChI is InChI=1S/C32H48N2O5/c1-5-6-7-8-9-10-11-12-13-18-29(35)38-24-34-28-17-15-14-16-26(28)23-27(30(34)36)25-19-21-33(22-20-25)31(37)39-32(2,3)4/h14-17,23,25H,5-13,18-22,24H2,1-4H3. The lowest BCUT2D eigenvalue weighted by atomic mass is 9.89. The number of unbranched alkanes of at least 4 members (excludes halogenated alkanes) is 8. The quantitative estimate of drug-likeness (QED) is 0.194. The van der Waals surface area contributed by atoms with Gasteiger partial charge in [0.05, 0.1) is 5.52 Å². The van der Waals surface area contributed by atoms with Gasteiger partial charge in [-0.05, 0) is 63.5 Å². The van der Waals surface area contributed by atoms with E-state index >= 15 is 0 Å². The highest BCUT2D eigenvalue weighted by Gasteiger charge is 2.29. The van der Waals surface area contributed by atoms with Gasteiger partial charge in [-0.2, -0.15) is 0 Å². The minimum Gasteiger partial charge on any atom is -0.444 e. The van der Waals surface area contributed by atoms with Crippen LogP contribution in [0.15, 0.2) is 35.1 Å². The average molecular weight is 541 g/mol. The van der Waals surface area contributed by atoms with Gasteiger partial charge < -0.3 is 14.4 Å². The number of hydrogen-bond acceptors (Lipinski definition) is 5. The average Bonchev–Trinajstić information content (AvgIpc) is 2.90. The molecule has 0 aliphatic carbocycles. The van der Waals surface area contributed by atoms with Gasteiger partial charge in [-0.25, -0.2) is 4.79 Å². The maximum Gasteiger partial charge on any atom is 0.410 e. The van der Waals surface area contributed by atoms with Crippen molar-refractivity contribution >= 4 is 23.0 Å². The topological polar surface area (TPSA) is 77.8 Å². The molecule has 3 rings (SSSR count). The first-order valence-electron chi connectivity index (χ1n) is 15.0. The monoisotopic (exact) mass is 540 g/mol. The van der Waals surface area contributed by atoms with Crippen LogP contribution in [-0.2, 0) is 21.0 Å². The maximum atomic E-state index is 13.6. The van der Waals surface area contributed by atoms with Crippen LogP contribution in [-0.4, -0.2) is 40.2 Å². The molecular formula is C32H48N2O5. The lowest BCUT2D eigenvalue weighted by molar-refractivity contribution is -0.147. The summed E-state index contributed by atoms with van der Waals surface area (Å²) in [5, 5.41) is 0.941. The lowest BCUT2D eigenvalue weighted by Gasteiger charge is -2.33. The third kappa shape index (κ3) is 9.70. The smallest absolute Gasteiger partial charge is 0.410 e. The normalized spacial score (nSPS) is 14.5. The van der Waals surface area contributed by atoms with E-state index in [1.165, 1.54) is 38.5 Å². The third-order valence-corrected chi connectivity index (χ3v) is 7.46. The number of ether oxygens (including phenoxy) is 2. The summed E-state index contributed by atoms with van der Waals surface area (Å²) in [6, 6.07) is 9.67. The number of esters is 1. The lowest BCUT2D eigenvalue weighted by Crippen LogP contribution is -2.42. The van der Waals surface area contributed by atoms with E-state index in [0.717, 1.165) is 30.2 Å². The molecule has 216 valence electrons. The van der Waals surface area contributed by atoms with Crippen molar-refractivity contribution in [2.24, 2.45) is 0 Å². The molecule has 0 bridgehead atoms. The number of amides is 1. The van der Waals surface area contributed by atoms with Crippen molar-refractivity contribution in [2.45, 2.75) is 123 Å². The Morgan fingerprint density at radius 1 is 0.923 bits per heavy atom. The van der Waals surface area contributed by atoms with Crippen LogP contribution in [0, 0.1) is 0 Å². The summed E-state index contributed by atoms with van der Waals surface area (Å²) < 4.78 is 12.7. The van der Waals surface area contributed by atoms with Gasteiger partial charge in [0.1, 0.15) is 5.60 Å². The highest BCUT2D eigenvalue weighted by atomic mass is 16.6. The number of likely N-dealkylation sites (tertiary alicyclic amines) is 1. The van der Waals surface area contributed by atoms with E-state index in [2.05, 4.69) is 6.92 Å². The van der Waals surface area contributed by atoms with Gasteiger partial charge in [0.25, 0.3) is 5.56 Å². The zero-order valence-electron chi connectivity index (χ0n) is 24.5. The van der Waals surface area contributed by atoms with Crippen LogP contribution >= 0.6 is 0 Å². The number of rotatable bonds is 13. The van der Waals surface area contributed by atoms with Crippen LogP contribution in [0.1, 0.15) is 116 Å². The predicted octanol–water partition coefficient (Wildman–Crippen LogP) is 7.54. The van der Waals surface area contributed by atoms with Gasteiger partial charge in [-0.15, -0.1) is 0 Å². The first-order chi connectivity index (χ1) is 18.7. The number of para-hydroxylation sites is 1. The Labute approximate surface area is 233 Å². The summed E-state index contributed by atoms with van der Waals surface area (Å²) in [5.41, 5.74) is 0.812. The minimum absolute atomic E-state index is 0.0321. The molecule has 1 aromatic carbocycles. The number of nitrogens with zero attached hydrogens (tertiary/aromatic N) is 2. The Balaban J connectivity index is 1.56. The van der Waals surface area contributed by atoms with Gasteiger partial charge >= 0.3 is 12.1 Å². The summed E-state index contributed by atoms with van der Waals surface area (Å²) in [4.78, 5) is 40.2. The van der Waals surface area contributed by atoms with E-state index in [-0.39, 0.29) is 30.3 Å². The van der Waals surface area contributed by atoms with Crippen molar-refractivity contribution in [1.29, 1.82) is 0 Å². The Morgan fingerprint density at radius 3 is 2.18 bits per heavy atom. The molecule has 2 aromatic rings. The van der Waals surface area contributed by atoms with Gasteiger partial charge in [0.2, 0.25) is 0 Å². The number of benzene rings is 1. The maximum absolute atomic E-state index is 13.6. The molecule has 0 radical (unpaired) electrons. The fraction of sp³-hybridized carbons (Fsp3) is 0.656. The molecule has 1 aromatic heterocycles. The number of aromatic nitrogens is 1. The molecular weight excluding hydrogens is 492 g/mol. The van der Waals surface area contributed by atoms with Crippen LogP contribution in [0.25, 0.3) is 10.9 Å². The van der Waals surface area contributed by atoms with Crippen molar-refractivity contribution in [3.05, 3.63) is 46.2 Å². The van der Waals surface area contributed by atoms with E-state index in [0.29, 0.717) is 37.9 Å². The summed E-state index contributed by atoms with van der Waals surface area (Å²) in [6.07, 6.45) is 12.2. The molecule has 39 heavy (non-hydrogen) atoms. The van der Waals surface area contributed by atoms with E-state index in [4.69, 9.17) is 9.47 Å². The number of carbonyl (C=O) groups excluding carboxylic acids is 2. The van der Waals surface area contributed by atoms with E-state index in [1.54, 1.807) is 9.47 Å². The molecule has 0 saturated carbocycles. The minimum atomic E-state index is -0.536. The molecule has 0 unspecified atom stereocenters. The summed E-state index contributed by atoms with van der Waals surface area (Å²) in [6.45, 7) is 8.81. The van der Waals surface area contributed by atoms with Gasteiger partial charge in [0, 0.05) is 25.1 Å². The third-order valence-electron chi connectivity index (χ3n) is 7.46. The molecule has 0 N–H and O–H groups in total. The SMILES string of the molecule is CCCCCCCCCCCC(=O)OCn1c(=O)c(C2CCN(C(=O)OC(C)(C)C)CC2)cc2ccccc21. The Morgan fingerprint density at radius 2 is 1.54 bits per heavy atom. The van der Waals surface area contributed by atoms with Crippen LogP contribution in [0.5, 0.6) is 0 Å². The van der Waals surface area contributed by atoms with Gasteiger partial charge in [0.15, 0.2) is 6.73 Å². The molecule has 7 heteroatoms. The molecule has 1 saturated heterocycles. The van der Waals surface area contributed by atoms with Crippen LogP contribution in [0.3, 0.4) is 0 Å². The molecule has 7 nitrogen and oxygen atoms in total. The zero-order chi connectivity index (χ0) is 28.3. The van der Waals surface area contributed by atoms with Crippen molar-refractivity contribution in [2.75, 3.05) is 13.1 Å². The number of hydrogen-bond donors (Lipinski definition) is 0. The zero-order valence-corrected chi connectivity index (χ0v) is 24.5. The summed E-state index contributed by atoms with van der Waals surface area (Å²) in [7, 11) is 0. The second-order valence-corrected chi connectivity index (χ2v) is 11.9. The van der Waals surface area contributed by atoms with Crippen molar-refractivity contribution in [3.8, 4) is 0 Å². The van der Waals surface area contributed by atoms with Crippen LogP contribution in [0.2, 0.25) is 0 Å². The largest absolute Gasteiger partial charge is 0.444 e. The molecule has 1 aliphatic rings. The van der Waals surface area contributed by atoms with E-state index in [1.807, 2.05) is 51.1 Å². The number of fused-ring (bicyclic) bond motifs is 1. The predicted molar refractivity (Wildman–Crippen MR) is 156 cm³/mol. The highest BCUT2D eigenvalue weighted by Crippen LogP contribution is 2.29. The van der Waals surface area contributed by atoms with E-state index in [9.17, 15) is 14.4 Å². The fourth-order valence-corrected chi connectivity index (χ4v) is 5.26. The number of pyridine rings is 1. The van der Waals surface area contributed by atoms with Crippen LogP contribution in [0.4, 0.5) is 4.79 Å². The second-order valence-electron chi connectivity index (χ2n) is 11.9. The summed E-state index contributed by atoms with van der Waals surface area (Å²) >= 11 is 0. The first-order valence-corrected chi connectivity index (χ1v) is 15.0. The Bertz CT molecular complexity index is 1130. The van der Waals surface area contributed by atoms with Crippen LogP contribution < -0.4 is 5.56 Å². The van der Waals surface area contributed by atoms with Crippen molar-refractivity contribution < 1.29 is 19.1 Å². The summed E-state index contributed by atoms with van der Waals surface area (Å²) in [5.74, 6) is -0.227. The van der Waals surface area contributed by atoms with E-state index < -0.39 is 5.60 Å². The van der Waals surface area contributed by atoms with Crippen molar-refractivity contribution in [3.63, 3.8) is 0 Å². The first kappa shape index (κ1) is 30.7. The number of carbonyl (C=O) groups is 2. The Kier molecular flexibility index (Phi) is 11.9. The molecule has 1 fully saturated rings.